The molecule has 1 heterocycles. The Morgan fingerprint density at radius 2 is 1.64 bits per heavy atom. The largest absolute Gasteiger partial charge is 0.506 e. The standard InChI is InChI=1S/C17H17N3O2/c1-17(2,12-8-4-3-5-9-12)15-19-20-16(22-15)18-13-10-6-7-11-14(13)21/h3-11,21H,1-2H3,(H,18,20). The van der Waals surface area contributed by atoms with Crippen molar-refractivity contribution >= 4 is 11.7 Å². The lowest BCUT2D eigenvalue weighted by Gasteiger charge is -2.20. The van der Waals surface area contributed by atoms with Gasteiger partial charge in [-0.2, -0.15) is 0 Å². The maximum absolute atomic E-state index is 9.76. The number of anilines is 2. The highest BCUT2D eigenvalue weighted by atomic mass is 16.4. The molecule has 5 heteroatoms. The molecule has 0 fully saturated rings. The highest BCUT2D eigenvalue weighted by Crippen LogP contribution is 2.32. The molecule has 0 aliphatic heterocycles. The van der Waals surface area contributed by atoms with E-state index in [9.17, 15) is 5.11 Å². The van der Waals surface area contributed by atoms with Crippen molar-refractivity contribution in [1.29, 1.82) is 0 Å². The molecule has 2 N–H and O–H groups in total. The predicted octanol–water partition coefficient (Wildman–Crippen LogP) is 3.84. The summed E-state index contributed by atoms with van der Waals surface area (Å²) in [6.07, 6.45) is 0. The van der Waals surface area contributed by atoms with Crippen LogP contribution in [0.25, 0.3) is 0 Å². The molecule has 3 rings (SSSR count). The van der Waals surface area contributed by atoms with E-state index >= 15 is 0 Å². The molecule has 112 valence electrons. The summed E-state index contributed by atoms with van der Waals surface area (Å²) in [4.78, 5) is 0. The maximum Gasteiger partial charge on any atom is 0.320 e. The highest BCUT2D eigenvalue weighted by molar-refractivity contribution is 5.60. The smallest absolute Gasteiger partial charge is 0.320 e. The van der Waals surface area contributed by atoms with Crippen molar-refractivity contribution in [3.63, 3.8) is 0 Å². The summed E-state index contributed by atoms with van der Waals surface area (Å²) < 4.78 is 5.72. The van der Waals surface area contributed by atoms with Crippen LogP contribution in [0.3, 0.4) is 0 Å². The molecule has 0 radical (unpaired) electrons. The van der Waals surface area contributed by atoms with Gasteiger partial charge in [0.2, 0.25) is 5.89 Å². The SMILES string of the molecule is CC(C)(c1ccccc1)c1nnc(Nc2ccccc2O)o1. The van der Waals surface area contributed by atoms with E-state index in [1.807, 2.05) is 50.2 Å². The Labute approximate surface area is 128 Å². The van der Waals surface area contributed by atoms with E-state index in [2.05, 4.69) is 15.5 Å². The minimum Gasteiger partial charge on any atom is -0.506 e. The molecule has 0 unspecified atom stereocenters. The van der Waals surface area contributed by atoms with Crippen molar-refractivity contribution in [3.8, 4) is 5.75 Å². The first-order valence-electron chi connectivity index (χ1n) is 7.02. The molecular weight excluding hydrogens is 278 g/mol. The summed E-state index contributed by atoms with van der Waals surface area (Å²) >= 11 is 0. The molecule has 0 aliphatic rings. The minimum absolute atomic E-state index is 0.129. The molecule has 0 saturated heterocycles. The Morgan fingerprint density at radius 3 is 2.36 bits per heavy atom. The molecule has 3 aromatic rings. The average molecular weight is 295 g/mol. The van der Waals surface area contributed by atoms with E-state index in [1.165, 1.54) is 0 Å². The Morgan fingerprint density at radius 1 is 0.955 bits per heavy atom. The van der Waals surface area contributed by atoms with Crippen molar-refractivity contribution in [3.05, 3.63) is 66.1 Å². The van der Waals surface area contributed by atoms with Crippen LogP contribution in [0.2, 0.25) is 0 Å². The van der Waals surface area contributed by atoms with Crippen LogP contribution in [-0.4, -0.2) is 15.3 Å². The topological polar surface area (TPSA) is 71.2 Å². The highest BCUT2D eigenvalue weighted by Gasteiger charge is 2.29. The zero-order valence-corrected chi connectivity index (χ0v) is 12.4. The summed E-state index contributed by atoms with van der Waals surface area (Å²) in [7, 11) is 0. The zero-order chi connectivity index (χ0) is 15.6. The molecule has 0 saturated carbocycles. The number of hydrogen-bond donors (Lipinski definition) is 2. The summed E-state index contributed by atoms with van der Waals surface area (Å²) in [5, 5.41) is 20.8. The van der Waals surface area contributed by atoms with Gasteiger partial charge in [-0.15, -0.1) is 5.10 Å². The third-order valence-corrected chi connectivity index (χ3v) is 3.60. The second-order valence-corrected chi connectivity index (χ2v) is 5.55. The Balaban J connectivity index is 1.86. The molecule has 0 atom stereocenters. The van der Waals surface area contributed by atoms with Gasteiger partial charge in [0, 0.05) is 0 Å². The first kappa shape index (κ1) is 14.1. The fraction of sp³-hybridized carbons (Fsp3) is 0.176. The van der Waals surface area contributed by atoms with Gasteiger partial charge in [-0.05, 0) is 31.5 Å². The Hall–Kier alpha value is -2.82. The number of nitrogens with one attached hydrogen (secondary N) is 1. The second kappa shape index (κ2) is 5.52. The van der Waals surface area contributed by atoms with Gasteiger partial charge in [-0.3, -0.25) is 0 Å². The van der Waals surface area contributed by atoms with Gasteiger partial charge >= 0.3 is 6.01 Å². The van der Waals surface area contributed by atoms with E-state index < -0.39 is 5.41 Å². The van der Waals surface area contributed by atoms with Gasteiger partial charge < -0.3 is 14.8 Å². The summed E-state index contributed by atoms with van der Waals surface area (Å²) in [5.41, 5.74) is 1.22. The van der Waals surface area contributed by atoms with Crippen LogP contribution in [0.1, 0.15) is 25.3 Å². The lowest BCUT2D eigenvalue weighted by atomic mass is 9.85. The summed E-state index contributed by atoms with van der Waals surface area (Å²) in [5.74, 6) is 0.640. The van der Waals surface area contributed by atoms with E-state index in [4.69, 9.17) is 4.42 Å². The lowest BCUT2D eigenvalue weighted by molar-refractivity contribution is 0.421. The van der Waals surface area contributed by atoms with Crippen LogP contribution < -0.4 is 5.32 Å². The maximum atomic E-state index is 9.76. The van der Waals surface area contributed by atoms with Gasteiger partial charge in [-0.25, -0.2) is 0 Å². The molecule has 1 aromatic heterocycles. The van der Waals surface area contributed by atoms with Crippen LogP contribution in [0.5, 0.6) is 5.75 Å². The summed E-state index contributed by atoms with van der Waals surface area (Å²) in [6, 6.07) is 17.1. The van der Waals surface area contributed by atoms with Gasteiger partial charge in [0.25, 0.3) is 0 Å². The number of benzene rings is 2. The number of aromatic nitrogens is 2. The van der Waals surface area contributed by atoms with Crippen molar-refractivity contribution in [2.75, 3.05) is 5.32 Å². The van der Waals surface area contributed by atoms with E-state index in [-0.39, 0.29) is 11.8 Å². The molecule has 5 nitrogen and oxygen atoms in total. The van der Waals surface area contributed by atoms with E-state index in [0.717, 1.165) is 5.56 Å². The van der Waals surface area contributed by atoms with Crippen molar-refractivity contribution < 1.29 is 9.52 Å². The predicted molar refractivity (Wildman–Crippen MR) is 84.3 cm³/mol. The normalized spacial score (nSPS) is 11.4. The Kier molecular flexibility index (Phi) is 3.55. The first-order valence-corrected chi connectivity index (χ1v) is 7.02. The molecule has 0 bridgehead atoms. The first-order chi connectivity index (χ1) is 10.6. The van der Waals surface area contributed by atoms with E-state index in [1.54, 1.807) is 18.2 Å². The fourth-order valence-corrected chi connectivity index (χ4v) is 2.20. The Bertz CT molecular complexity index is 766. The number of phenolic OH excluding ortho intramolecular Hbond substituents is 1. The van der Waals surface area contributed by atoms with Crippen LogP contribution >= 0.6 is 0 Å². The molecular formula is C17H17N3O2. The third kappa shape index (κ3) is 2.65. The number of hydrogen-bond acceptors (Lipinski definition) is 5. The number of rotatable bonds is 4. The van der Waals surface area contributed by atoms with Gasteiger partial charge in [0.15, 0.2) is 0 Å². The van der Waals surface area contributed by atoms with Crippen molar-refractivity contribution in [1.82, 2.24) is 10.2 Å². The quantitative estimate of drug-likeness (QED) is 0.715. The average Bonchev–Trinajstić information content (AvgIpc) is 3.00. The molecule has 0 spiro atoms. The summed E-state index contributed by atoms with van der Waals surface area (Å²) in [6.45, 7) is 4.05. The molecule has 0 amide bonds. The second-order valence-electron chi connectivity index (χ2n) is 5.55. The van der Waals surface area contributed by atoms with Crippen LogP contribution in [0.15, 0.2) is 59.0 Å². The number of phenols is 1. The molecule has 22 heavy (non-hydrogen) atoms. The minimum atomic E-state index is -0.396. The van der Waals surface area contributed by atoms with Crippen LogP contribution in [-0.2, 0) is 5.41 Å². The van der Waals surface area contributed by atoms with Crippen molar-refractivity contribution in [2.24, 2.45) is 0 Å². The lowest BCUT2D eigenvalue weighted by Crippen LogP contribution is -2.19. The fourth-order valence-electron chi connectivity index (χ4n) is 2.20. The van der Waals surface area contributed by atoms with Crippen LogP contribution in [0, 0.1) is 0 Å². The number of nitrogens with zero attached hydrogens (tertiary/aromatic N) is 2. The zero-order valence-electron chi connectivity index (χ0n) is 12.4. The number of aromatic hydroxyl groups is 1. The van der Waals surface area contributed by atoms with Crippen molar-refractivity contribution in [2.45, 2.75) is 19.3 Å². The van der Waals surface area contributed by atoms with Gasteiger partial charge in [-0.1, -0.05) is 47.6 Å². The molecule has 0 aliphatic carbocycles. The van der Waals surface area contributed by atoms with Gasteiger partial charge in [0.05, 0.1) is 11.1 Å². The van der Waals surface area contributed by atoms with Crippen LogP contribution in [0.4, 0.5) is 11.7 Å². The number of para-hydroxylation sites is 2. The third-order valence-electron chi connectivity index (χ3n) is 3.60. The van der Waals surface area contributed by atoms with Gasteiger partial charge in [0.1, 0.15) is 5.75 Å². The molecule has 2 aromatic carbocycles. The monoisotopic (exact) mass is 295 g/mol. The van der Waals surface area contributed by atoms with E-state index in [0.29, 0.717) is 11.6 Å².